The third kappa shape index (κ3) is 6.29. The molecule has 0 aliphatic carbocycles. The third-order valence-electron chi connectivity index (χ3n) is 4.53. The van der Waals surface area contributed by atoms with E-state index in [0.29, 0.717) is 6.61 Å². The van der Waals surface area contributed by atoms with Crippen molar-refractivity contribution in [2.24, 2.45) is 0 Å². The van der Waals surface area contributed by atoms with Gasteiger partial charge in [-0.2, -0.15) is 0 Å². The second-order valence-corrected chi connectivity index (χ2v) is 6.53. The average Bonchev–Trinajstić information content (AvgIpc) is 3.21. The van der Waals surface area contributed by atoms with E-state index in [1.165, 1.54) is 16.7 Å². The Morgan fingerprint density at radius 2 is 1.96 bits per heavy atom. The third-order valence-corrected chi connectivity index (χ3v) is 4.53. The summed E-state index contributed by atoms with van der Waals surface area (Å²) in [6, 6.07) is 14.4. The molecule has 28 heavy (non-hydrogen) atoms. The zero-order valence-corrected chi connectivity index (χ0v) is 17.2. The van der Waals surface area contributed by atoms with Gasteiger partial charge in [-0.15, -0.1) is 12.4 Å². The van der Waals surface area contributed by atoms with E-state index < -0.39 is 0 Å². The molecule has 0 aliphatic heterocycles. The molecule has 0 atom stereocenters. The van der Waals surface area contributed by atoms with Crippen LogP contribution in [-0.2, 0) is 19.7 Å². The Hall–Kier alpha value is -2.50. The lowest BCUT2D eigenvalue weighted by Gasteiger charge is -2.13. The first kappa shape index (κ1) is 21.8. The number of nitrogens with zero attached hydrogens (tertiary/aromatic N) is 2. The predicted octanol–water partition coefficient (Wildman–Crippen LogP) is 4.38. The van der Waals surface area contributed by atoms with E-state index in [9.17, 15) is 0 Å². The van der Waals surface area contributed by atoms with E-state index in [2.05, 4.69) is 40.0 Å². The quantitative estimate of drug-likeness (QED) is 0.512. The maximum Gasteiger partial charge on any atom is 0.161 e. The summed E-state index contributed by atoms with van der Waals surface area (Å²) >= 11 is 0. The summed E-state index contributed by atoms with van der Waals surface area (Å²) in [5.74, 6) is 1.53. The number of hydrogen-bond donors (Lipinski definition) is 1. The Kier molecular flexibility index (Phi) is 8.85. The second kappa shape index (κ2) is 11.4. The highest BCUT2D eigenvalue weighted by molar-refractivity contribution is 5.85. The minimum Gasteiger partial charge on any atom is -0.493 e. The minimum atomic E-state index is 0. The molecule has 0 amide bonds. The number of aryl methyl sites for hydroxylation is 2. The molecule has 0 spiro atoms. The molecular weight excluding hydrogens is 374 g/mol. The van der Waals surface area contributed by atoms with Gasteiger partial charge in [-0.3, -0.25) is 0 Å². The Balaban J connectivity index is 0.00000280. The number of rotatable bonds is 10. The molecular formula is C22H28ClN3O2. The summed E-state index contributed by atoms with van der Waals surface area (Å²) < 4.78 is 13.6. The number of methoxy groups -OCH3 is 1. The Morgan fingerprint density at radius 1 is 1.11 bits per heavy atom. The van der Waals surface area contributed by atoms with E-state index in [4.69, 9.17) is 9.47 Å². The first-order chi connectivity index (χ1) is 13.3. The maximum atomic E-state index is 5.98. The minimum absolute atomic E-state index is 0. The van der Waals surface area contributed by atoms with Crippen molar-refractivity contribution in [2.75, 3.05) is 13.7 Å². The summed E-state index contributed by atoms with van der Waals surface area (Å²) in [4.78, 5) is 4.05. The molecule has 0 aliphatic rings. The highest BCUT2D eigenvalue weighted by atomic mass is 35.5. The standard InChI is InChI=1S/C22H27N3O2.ClH/c1-18-6-3-4-7-20(18)16-27-21-9-8-19(14-22(21)26-2)15-23-10-5-12-25-13-11-24-17-25;/h3-4,6-9,11,13-14,17,23H,5,10,12,15-16H2,1-2H3;1H. The smallest absolute Gasteiger partial charge is 0.161 e. The Morgan fingerprint density at radius 3 is 2.71 bits per heavy atom. The van der Waals surface area contributed by atoms with Crippen molar-refractivity contribution >= 4 is 12.4 Å². The average molecular weight is 402 g/mol. The zero-order valence-electron chi connectivity index (χ0n) is 16.4. The largest absolute Gasteiger partial charge is 0.493 e. The van der Waals surface area contributed by atoms with Crippen LogP contribution >= 0.6 is 12.4 Å². The maximum absolute atomic E-state index is 5.98. The fourth-order valence-corrected chi connectivity index (χ4v) is 2.91. The molecule has 5 nitrogen and oxygen atoms in total. The van der Waals surface area contributed by atoms with Crippen LogP contribution in [0.1, 0.15) is 23.1 Å². The second-order valence-electron chi connectivity index (χ2n) is 6.53. The fraction of sp³-hybridized carbons (Fsp3) is 0.318. The van der Waals surface area contributed by atoms with Crippen LogP contribution in [-0.4, -0.2) is 23.2 Å². The van der Waals surface area contributed by atoms with E-state index in [-0.39, 0.29) is 12.4 Å². The molecule has 0 fully saturated rings. The van der Waals surface area contributed by atoms with Crippen LogP contribution in [0.3, 0.4) is 0 Å². The van der Waals surface area contributed by atoms with Crippen molar-refractivity contribution in [3.05, 3.63) is 77.9 Å². The van der Waals surface area contributed by atoms with Crippen LogP contribution in [0.2, 0.25) is 0 Å². The molecule has 1 heterocycles. The molecule has 0 saturated heterocycles. The van der Waals surface area contributed by atoms with Crippen LogP contribution < -0.4 is 14.8 Å². The van der Waals surface area contributed by atoms with Gasteiger partial charge in [0.1, 0.15) is 6.61 Å². The highest BCUT2D eigenvalue weighted by Crippen LogP contribution is 2.29. The van der Waals surface area contributed by atoms with Crippen molar-refractivity contribution in [3.8, 4) is 11.5 Å². The lowest BCUT2D eigenvalue weighted by molar-refractivity contribution is 0.283. The van der Waals surface area contributed by atoms with Crippen LogP contribution in [0.15, 0.2) is 61.2 Å². The van der Waals surface area contributed by atoms with E-state index in [0.717, 1.165) is 37.6 Å². The van der Waals surface area contributed by atoms with Crippen molar-refractivity contribution in [1.82, 2.24) is 14.9 Å². The molecule has 3 aromatic rings. The van der Waals surface area contributed by atoms with Gasteiger partial charge < -0.3 is 19.4 Å². The number of aromatic nitrogens is 2. The number of imidazole rings is 1. The molecule has 0 unspecified atom stereocenters. The summed E-state index contributed by atoms with van der Waals surface area (Å²) in [5.41, 5.74) is 3.59. The van der Waals surface area contributed by atoms with Gasteiger partial charge in [0.05, 0.1) is 13.4 Å². The molecule has 1 N–H and O–H groups in total. The normalized spacial score (nSPS) is 10.4. The topological polar surface area (TPSA) is 48.3 Å². The van der Waals surface area contributed by atoms with Crippen LogP contribution in [0.4, 0.5) is 0 Å². The van der Waals surface area contributed by atoms with Crippen LogP contribution in [0.25, 0.3) is 0 Å². The van der Waals surface area contributed by atoms with E-state index in [1.807, 2.05) is 43.0 Å². The number of halogens is 1. The van der Waals surface area contributed by atoms with Gasteiger partial charge in [-0.1, -0.05) is 30.3 Å². The van der Waals surface area contributed by atoms with Gasteiger partial charge in [0.2, 0.25) is 0 Å². The molecule has 3 rings (SSSR count). The summed E-state index contributed by atoms with van der Waals surface area (Å²) in [5, 5.41) is 3.47. The lowest BCUT2D eigenvalue weighted by Crippen LogP contribution is -2.16. The predicted molar refractivity (Wildman–Crippen MR) is 114 cm³/mol. The lowest BCUT2D eigenvalue weighted by atomic mass is 10.1. The number of benzene rings is 2. The molecule has 150 valence electrons. The zero-order chi connectivity index (χ0) is 18.9. The molecule has 1 aromatic heterocycles. The summed E-state index contributed by atoms with van der Waals surface area (Å²) in [7, 11) is 1.68. The van der Waals surface area contributed by atoms with Crippen molar-refractivity contribution in [3.63, 3.8) is 0 Å². The number of ether oxygens (including phenoxy) is 2. The first-order valence-electron chi connectivity index (χ1n) is 9.27. The molecule has 2 aromatic carbocycles. The van der Waals surface area contributed by atoms with Crippen molar-refractivity contribution in [2.45, 2.75) is 33.0 Å². The number of nitrogens with one attached hydrogen (secondary N) is 1. The van der Waals surface area contributed by atoms with E-state index >= 15 is 0 Å². The SMILES string of the molecule is COc1cc(CNCCCn2ccnc2)ccc1OCc1ccccc1C.Cl. The summed E-state index contributed by atoms with van der Waals surface area (Å²) in [6.45, 7) is 5.36. The number of hydrogen-bond acceptors (Lipinski definition) is 4. The molecule has 6 heteroatoms. The monoisotopic (exact) mass is 401 g/mol. The van der Waals surface area contributed by atoms with Crippen molar-refractivity contribution < 1.29 is 9.47 Å². The van der Waals surface area contributed by atoms with Crippen LogP contribution in [0.5, 0.6) is 11.5 Å². The van der Waals surface area contributed by atoms with E-state index in [1.54, 1.807) is 7.11 Å². The van der Waals surface area contributed by atoms with Gasteiger partial charge in [-0.05, 0) is 48.7 Å². The van der Waals surface area contributed by atoms with Crippen molar-refractivity contribution in [1.29, 1.82) is 0 Å². The van der Waals surface area contributed by atoms with Gasteiger partial charge in [-0.25, -0.2) is 4.98 Å². The van der Waals surface area contributed by atoms with Gasteiger partial charge >= 0.3 is 0 Å². The van der Waals surface area contributed by atoms with Gasteiger partial charge in [0.25, 0.3) is 0 Å². The molecule has 0 bridgehead atoms. The molecule has 0 radical (unpaired) electrons. The Labute approximate surface area is 173 Å². The first-order valence-corrected chi connectivity index (χ1v) is 9.27. The van der Waals surface area contributed by atoms with Gasteiger partial charge in [0, 0.05) is 25.5 Å². The fourth-order valence-electron chi connectivity index (χ4n) is 2.91. The molecule has 0 saturated carbocycles. The summed E-state index contributed by atoms with van der Waals surface area (Å²) in [6.07, 6.45) is 6.70. The van der Waals surface area contributed by atoms with Gasteiger partial charge in [0.15, 0.2) is 11.5 Å². The Bertz CT molecular complexity index is 838. The highest BCUT2D eigenvalue weighted by Gasteiger charge is 2.07. The van der Waals surface area contributed by atoms with Crippen LogP contribution in [0, 0.1) is 6.92 Å².